The highest BCUT2D eigenvalue weighted by atomic mass is 31.2. The molecule has 0 saturated heterocycles. The van der Waals surface area contributed by atoms with Crippen molar-refractivity contribution < 1.29 is 80.2 Å². The highest BCUT2D eigenvalue weighted by molar-refractivity contribution is 7.47. The lowest BCUT2D eigenvalue weighted by Crippen LogP contribution is -2.30. The van der Waals surface area contributed by atoms with Crippen molar-refractivity contribution >= 4 is 39.5 Å². The van der Waals surface area contributed by atoms with E-state index >= 15 is 0 Å². The fraction of sp³-hybridized carbons (Fsp3) is 0.949. The normalized spacial score (nSPS) is 14.2. The summed E-state index contributed by atoms with van der Waals surface area (Å²) in [5.74, 6) is -0.525. The second-order valence-electron chi connectivity index (χ2n) is 28.8. The van der Waals surface area contributed by atoms with Crippen LogP contribution < -0.4 is 0 Å². The van der Waals surface area contributed by atoms with Crippen molar-refractivity contribution in [3.63, 3.8) is 0 Å². The summed E-state index contributed by atoms with van der Waals surface area (Å²) in [6.45, 7) is 9.63. The molecule has 0 aliphatic heterocycles. The van der Waals surface area contributed by atoms with E-state index in [1.807, 2.05) is 0 Å². The molecule has 0 heterocycles. The summed E-state index contributed by atoms with van der Waals surface area (Å²) >= 11 is 0. The van der Waals surface area contributed by atoms with Crippen LogP contribution in [0.4, 0.5) is 0 Å². The van der Waals surface area contributed by atoms with Crippen LogP contribution >= 0.6 is 15.6 Å². The molecule has 0 saturated carbocycles. The second-order valence-corrected chi connectivity index (χ2v) is 31.7. The molecule has 0 amide bonds. The molecule has 0 fully saturated rings. The van der Waals surface area contributed by atoms with E-state index in [1.165, 1.54) is 225 Å². The maximum absolute atomic E-state index is 13.1. The molecule has 0 aromatic carbocycles. The van der Waals surface area contributed by atoms with E-state index in [0.717, 1.165) is 102 Å². The zero-order valence-corrected chi connectivity index (χ0v) is 65.2. The van der Waals surface area contributed by atoms with Crippen molar-refractivity contribution in [2.24, 2.45) is 11.8 Å². The van der Waals surface area contributed by atoms with Gasteiger partial charge in [0.05, 0.1) is 26.4 Å². The van der Waals surface area contributed by atoms with Crippen molar-refractivity contribution in [2.45, 2.75) is 426 Å². The van der Waals surface area contributed by atoms with Crippen LogP contribution in [0, 0.1) is 11.8 Å². The molecule has 0 aromatic heterocycles. The van der Waals surface area contributed by atoms with Crippen molar-refractivity contribution in [1.82, 2.24) is 0 Å². The maximum Gasteiger partial charge on any atom is 0.472 e. The zero-order chi connectivity index (χ0) is 71.4. The van der Waals surface area contributed by atoms with Crippen LogP contribution in [0.15, 0.2) is 0 Å². The van der Waals surface area contributed by atoms with E-state index < -0.39 is 97.5 Å². The van der Waals surface area contributed by atoms with E-state index in [0.29, 0.717) is 25.7 Å². The number of phosphoric ester groups is 2. The Bertz CT molecular complexity index is 1870. The highest BCUT2D eigenvalue weighted by Gasteiger charge is 2.30. The van der Waals surface area contributed by atoms with Gasteiger partial charge in [-0.3, -0.25) is 37.3 Å². The first kappa shape index (κ1) is 95.1. The topological polar surface area (TPSA) is 237 Å². The zero-order valence-electron chi connectivity index (χ0n) is 63.4. The molecule has 3 N–H and O–H groups in total. The van der Waals surface area contributed by atoms with Crippen molar-refractivity contribution in [2.75, 3.05) is 39.6 Å². The Kier molecular flexibility index (Phi) is 68.4. The van der Waals surface area contributed by atoms with Gasteiger partial charge in [-0.25, -0.2) is 9.13 Å². The van der Waals surface area contributed by atoms with Gasteiger partial charge >= 0.3 is 39.5 Å². The lowest BCUT2D eigenvalue weighted by Gasteiger charge is -2.21. The Morgan fingerprint density at radius 1 is 0.299 bits per heavy atom. The van der Waals surface area contributed by atoms with Gasteiger partial charge in [-0.15, -0.1) is 0 Å². The predicted octanol–water partition coefficient (Wildman–Crippen LogP) is 23.1. The number of aliphatic hydroxyl groups excluding tert-OH is 1. The average Bonchev–Trinajstić information content (AvgIpc) is 2.98. The van der Waals surface area contributed by atoms with Crippen LogP contribution in [0.25, 0.3) is 0 Å². The third-order valence-electron chi connectivity index (χ3n) is 18.6. The van der Waals surface area contributed by atoms with Crippen molar-refractivity contribution in [1.29, 1.82) is 0 Å². The summed E-state index contributed by atoms with van der Waals surface area (Å²) in [4.78, 5) is 72.8. The summed E-state index contributed by atoms with van der Waals surface area (Å²) in [6, 6.07) is 0. The molecular weight excluding hydrogens is 1270 g/mol. The number of hydrogen-bond acceptors (Lipinski definition) is 15. The summed E-state index contributed by atoms with van der Waals surface area (Å²) in [5, 5.41) is 10.6. The average molecular weight is 1420 g/mol. The van der Waals surface area contributed by atoms with Gasteiger partial charge in [-0.2, -0.15) is 0 Å². The van der Waals surface area contributed by atoms with Crippen LogP contribution in [-0.4, -0.2) is 96.7 Å². The number of carbonyl (C=O) groups is 4. The first-order valence-corrected chi connectivity index (χ1v) is 43.5. The molecule has 0 radical (unpaired) electrons. The number of rotatable bonds is 77. The molecule has 3 unspecified atom stereocenters. The molecular formula is C78H152O17P2. The van der Waals surface area contributed by atoms with Crippen LogP contribution in [0.5, 0.6) is 0 Å². The number of unbranched alkanes of at least 4 members (excludes halogenated alkanes) is 46. The number of ether oxygens (including phenoxy) is 4. The number of aliphatic hydroxyl groups is 1. The van der Waals surface area contributed by atoms with Gasteiger partial charge in [0.2, 0.25) is 0 Å². The monoisotopic (exact) mass is 1420 g/mol. The molecule has 0 aromatic rings. The minimum absolute atomic E-state index is 0.105. The molecule has 17 nitrogen and oxygen atoms in total. The van der Waals surface area contributed by atoms with E-state index in [4.69, 9.17) is 37.0 Å². The van der Waals surface area contributed by atoms with Gasteiger partial charge in [0.25, 0.3) is 0 Å². The molecule has 0 spiro atoms. The van der Waals surface area contributed by atoms with Crippen LogP contribution in [0.1, 0.15) is 408 Å². The Labute approximate surface area is 594 Å². The van der Waals surface area contributed by atoms with E-state index in [1.54, 1.807) is 0 Å². The third kappa shape index (κ3) is 70.9. The van der Waals surface area contributed by atoms with E-state index in [2.05, 4.69) is 41.5 Å². The maximum atomic E-state index is 13.1. The molecule has 97 heavy (non-hydrogen) atoms. The molecule has 0 bridgehead atoms. The number of carbonyl (C=O) groups excluding carboxylic acids is 4. The quantitative estimate of drug-likeness (QED) is 0.0222. The lowest BCUT2D eigenvalue weighted by molar-refractivity contribution is -0.161. The predicted molar refractivity (Wildman–Crippen MR) is 395 cm³/mol. The standard InChI is InChI=1S/C78H152O17P2/c1-7-10-12-14-16-18-19-20-25-29-32-36-43-49-55-61-76(81)89-67-73(94-77(82)62-56-50-44-37-33-30-27-24-22-21-23-26-28-31-35-40-46-52-58-70(4)5)68-92-96(84,85)90-64-72(79)65-91-97(86,87)93-69-74(66-88-75(80)60-54-48-42-34-17-15-13-11-8-2)95-78(83)63-57-51-45-39-38-41-47-53-59-71(6)9-3/h70-74,79H,7-69H2,1-6H3,(H,84,85)(H,86,87)/t71?,72-,73-,74-/m1/s1. The van der Waals surface area contributed by atoms with Crippen molar-refractivity contribution in [3.8, 4) is 0 Å². The summed E-state index contributed by atoms with van der Waals surface area (Å²) in [6.07, 6.45) is 58.3. The first-order valence-electron chi connectivity index (χ1n) is 40.5. The largest absolute Gasteiger partial charge is 0.472 e. The summed E-state index contributed by atoms with van der Waals surface area (Å²) in [7, 11) is -9.91. The lowest BCUT2D eigenvalue weighted by atomic mass is 9.99. The second kappa shape index (κ2) is 69.8. The van der Waals surface area contributed by atoms with Crippen LogP contribution in [0.3, 0.4) is 0 Å². The van der Waals surface area contributed by atoms with E-state index in [9.17, 15) is 43.2 Å². The Hall–Kier alpha value is -1.94. The minimum atomic E-state index is -4.96. The smallest absolute Gasteiger partial charge is 0.462 e. The fourth-order valence-corrected chi connectivity index (χ4v) is 13.6. The number of hydrogen-bond donors (Lipinski definition) is 3. The van der Waals surface area contributed by atoms with Crippen LogP contribution in [-0.2, 0) is 65.4 Å². The number of esters is 4. The van der Waals surface area contributed by atoms with Gasteiger partial charge in [0.15, 0.2) is 12.2 Å². The van der Waals surface area contributed by atoms with Gasteiger partial charge in [0, 0.05) is 25.7 Å². The van der Waals surface area contributed by atoms with E-state index in [-0.39, 0.29) is 25.7 Å². The molecule has 0 aliphatic rings. The van der Waals surface area contributed by atoms with Gasteiger partial charge in [0.1, 0.15) is 19.3 Å². The van der Waals surface area contributed by atoms with Gasteiger partial charge in [-0.05, 0) is 37.5 Å². The minimum Gasteiger partial charge on any atom is -0.462 e. The Balaban J connectivity index is 5.20. The highest BCUT2D eigenvalue weighted by Crippen LogP contribution is 2.45. The van der Waals surface area contributed by atoms with Gasteiger partial charge in [-0.1, -0.05) is 356 Å². The Morgan fingerprint density at radius 3 is 0.784 bits per heavy atom. The summed E-state index contributed by atoms with van der Waals surface area (Å²) < 4.78 is 68.5. The SMILES string of the molecule is CCCCCCCCCCCCCCCCCC(=O)OC[C@H](COP(=O)(O)OC[C@@H](O)COP(=O)(O)OC[C@@H](COC(=O)CCCCCCCCCCC)OC(=O)CCCCCCCCCCC(C)CC)OC(=O)CCCCCCCCCCCCCCCCCCCCC(C)C. The molecule has 576 valence electrons. The molecule has 0 rings (SSSR count). The first-order chi connectivity index (χ1) is 46.9. The fourth-order valence-electron chi connectivity index (χ4n) is 12.0. The van der Waals surface area contributed by atoms with Gasteiger partial charge < -0.3 is 33.8 Å². The van der Waals surface area contributed by atoms with Crippen molar-refractivity contribution in [3.05, 3.63) is 0 Å². The molecule has 19 heteroatoms. The third-order valence-corrected chi connectivity index (χ3v) is 20.5. The number of phosphoric acid groups is 2. The molecule has 0 aliphatic carbocycles. The Morgan fingerprint density at radius 2 is 0.526 bits per heavy atom. The molecule has 6 atom stereocenters. The summed E-state index contributed by atoms with van der Waals surface area (Å²) in [5.41, 5.74) is 0. The van der Waals surface area contributed by atoms with Crippen LogP contribution in [0.2, 0.25) is 0 Å².